The SMILES string of the molecule is CCCC1CCC(N2CCN(C)CC2)CC1.CCN(C(=O)COCCN(C)S(=O)(=O)c1c(C)cc(OC)cc1C)C1CCC(N2CCN(C)CC2)CC1. The van der Waals surface area contributed by atoms with Crippen LogP contribution in [0.2, 0.25) is 0 Å². The van der Waals surface area contributed by atoms with Crippen LogP contribution in [0.1, 0.15) is 89.2 Å². The number of benzene rings is 1. The Morgan fingerprint density at radius 1 is 0.792 bits per heavy atom. The molecule has 4 fully saturated rings. The highest BCUT2D eigenvalue weighted by atomic mass is 32.2. The monoisotopic (exact) mass is 763 g/mol. The number of amides is 1. The summed E-state index contributed by atoms with van der Waals surface area (Å²) in [5.74, 6) is 1.67. The van der Waals surface area contributed by atoms with Crippen LogP contribution in [0.4, 0.5) is 0 Å². The first kappa shape index (κ1) is 43.9. The van der Waals surface area contributed by atoms with E-state index in [2.05, 4.69) is 40.6 Å². The van der Waals surface area contributed by atoms with E-state index in [0.29, 0.717) is 29.5 Å². The molecule has 11 nitrogen and oxygen atoms in total. The quantitative estimate of drug-likeness (QED) is 0.245. The van der Waals surface area contributed by atoms with E-state index in [1.165, 1.54) is 69.0 Å². The van der Waals surface area contributed by atoms with Gasteiger partial charge in [-0.25, -0.2) is 8.42 Å². The molecule has 2 aliphatic carbocycles. The second kappa shape index (κ2) is 21.5. The lowest BCUT2D eigenvalue weighted by Gasteiger charge is -2.43. The summed E-state index contributed by atoms with van der Waals surface area (Å²) in [4.78, 5) is 25.4. The Morgan fingerprint density at radius 3 is 1.74 bits per heavy atom. The minimum absolute atomic E-state index is 0.0158. The highest BCUT2D eigenvalue weighted by Crippen LogP contribution is 2.31. The summed E-state index contributed by atoms with van der Waals surface area (Å²) < 4.78 is 38.5. The number of sulfonamides is 1. The Labute approximate surface area is 323 Å². The summed E-state index contributed by atoms with van der Waals surface area (Å²) in [5, 5.41) is 0. The van der Waals surface area contributed by atoms with Gasteiger partial charge >= 0.3 is 0 Å². The summed E-state index contributed by atoms with van der Waals surface area (Å²) in [6.45, 7) is 18.5. The largest absolute Gasteiger partial charge is 0.497 e. The Balaban J connectivity index is 0.000000324. The van der Waals surface area contributed by atoms with Gasteiger partial charge in [0.25, 0.3) is 0 Å². The maximum atomic E-state index is 13.2. The van der Waals surface area contributed by atoms with Crippen LogP contribution in [0, 0.1) is 19.8 Å². The molecule has 0 radical (unpaired) electrons. The van der Waals surface area contributed by atoms with Gasteiger partial charge in [0.2, 0.25) is 15.9 Å². The highest BCUT2D eigenvalue weighted by Gasteiger charge is 2.32. The Bertz CT molecular complexity index is 1330. The number of carbonyl (C=O) groups excluding carboxylic acids is 1. The molecular formula is C41H74N6O5S. The van der Waals surface area contributed by atoms with E-state index >= 15 is 0 Å². The van der Waals surface area contributed by atoms with E-state index in [1.807, 2.05) is 11.8 Å². The van der Waals surface area contributed by atoms with Gasteiger partial charge in [0.1, 0.15) is 12.4 Å². The molecule has 0 spiro atoms. The molecule has 2 saturated heterocycles. The van der Waals surface area contributed by atoms with Crippen LogP contribution in [-0.4, -0.2) is 168 Å². The molecule has 1 amide bonds. The fourth-order valence-electron chi connectivity index (χ4n) is 9.10. The second-order valence-corrected chi connectivity index (χ2v) is 18.2. The van der Waals surface area contributed by atoms with Gasteiger partial charge in [-0.1, -0.05) is 19.8 Å². The number of rotatable bonds is 14. The number of hydrogen-bond acceptors (Lipinski definition) is 9. The summed E-state index contributed by atoms with van der Waals surface area (Å²) in [7, 11) is 3.85. The van der Waals surface area contributed by atoms with Crippen molar-refractivity contribution in [3.63, 3.8) is 0 Å². The highest BCUT2D eigenvalue weighted by molar-refractivity contribution is 7.89. The number of nitrogens with zero attached hydrogens (tertiary/aromatic N) is 6. The van der Waals surface area contributed by atoms with Crippen LogP contribution in [0.25, 0.3) is 0 Å². The number of hydrogen-bond donors (Lipinski definition) is 0. The number of aryl methyl sites for hydroxylation is 2. The van der Waals surface area contributed by atoms with Crippen molar-refractivity contribution in [2.45, 2.75) is 115 Å². The molecule has 0 atom stereocenters. The fraction of sp³-hybridized carbons (Fsp3) is 0.829. The molecule has 53 heavy (non-hydrogen) atoms. The Kier molecular flexibility index (Phi) is 17.8. The average Bonchev–Trinajstić information content (AvgIpc) is 3.15. The van der Waals surface area contributed by atoms with Gasteiger partial charge < -0.3 is 24.2 Å². The molecule has 304 valence electrons. The molecule has 2 heterocycles. The van der Waals surface area contributed by atoms with Crippen molar-refractivity contribution in [3.05, 3.63) is 23.3 Å². The molecule has 0 N–H and O–H groups in total. The molecule has 2 saturated carbocycles. The van der Waals surface area contributed by atoms with E-state index in [1.54, 1.807) is 40.1 Å². The van der Waals surface area contributed by atoms with Crippen molar-refractivity contribution in [2.24, 2.45) is 5.92 Å². The van der Waals surface area contributed by atoms with Crippen molar-refractivity contribution in [1.82, 2.24) is 28.8 Å². The molecule has 1 aromatic rings. The van der Waals surface area contributed by atoms with Gasteiger partial charge in [0.05, 0.1) is 18.6 Å². The van der Waals surface area contributed by atoms with Crippen molar-refractivity contribution in [2.75, 3.05) is 107 Å². The molecular weight excluding hydrogens is 689 g/mol. The van der Waals surface area contributed by atoms with Gasteiger partial charge in [0, 0.05) is 90.6 Å². The van der Waals surface area contributed by atoms with Crippen molar-refractivity contribution < 1.29 is 22.7 Å². The topological polar surface area (TPSA) is 89.1 Å². The minimum Gasteiger partial charge on any atom is -0.497 e. The molecule has 0 unspecified atom stereocenters. The van der Waals surface area contributed by atoms with Crippen molar-refractivity contribution >= 4 is 15.9 Å². The summed E-state index contributed by atoms with van der Waals surface area (Å²) in [6.07, 6.45) is 13.1. The standard InChI is InChI=1S/C27H46N4O5S.C14H28N2/c1-7-31(24-10-8-23(9-11-24)30-14-12-28(4)13-15-30)26(32)20-36-17-16-29(5)37(33,34)27-21(2)18-25(35-6)19-22(27)3;1-3-4-13-5-7-14(8-6-13)16-11-9-15(2)10-12-16/h18-19,23-24H,7-17,20H2,1-6H3;13-14H,3-12H2,1-2H3. The number of carbonyl (C=O) groups is 1. The molecule has 12 heteroatoms. The van der Waals surface area contributed by atoms with E-state index < -0.39 is 10.0 Å². The minimum atomic E-state index is -3.69. The smallest absolute Gasteiger partial charge is 0.248 e. The van der Waals surface area contributed by atoms with E-state index in [4.69, 9.17) is 9.47 Å². The van der Waals surface area contributed by atoms with Gasteiger partial charge in [-0.05, 0) is 115 Å². The van der Waals surface area contributed by atoms with Gasteiger partial charge in [0.15, 0.2) is 0 Å². The van der Waals surface area contributed by atoms with Crippen LogP contribution in [0.3, 0.4) is 0 Å². The Hall–Kier alpha value is -1.80. The van der Waals surface area contributed by atoms with Gasteiger partial charge in [-0.15, -0.1) is 0 Å². The number of likely N-dealkylation sites (N-methyl/N-ethyl adjacent to an activating group) is 4. The van der Waals surface area contributed by atoms with Gasteiger partial charge in [-0.3, -0.25) is 14.6 Å². The predicted molar refractivity (Wildman–Crippen MR) is 215 cm³/mol. The zero-order valence-corrected chi connectivity index (χ0v) is 35.5. The van der Waals surface area contributed by atoms with Crippen LogP contribution < -0.4 is 4.74 Å². The summed E-state index contributed by atoms with van der Waals surface area (Å²) >= 11 is 0. The first-order chi connectivity index (χ1) is 25.4. The molecule has 0 bridgehead atoms. The zero-order valence-electron chi connectivity index (χ0n) is 34.7. The molecule has 5 rings (SSSR count). The van der Waals surface area contributed by atoms with Crippen LogP contribution >= 0.6 is 0 Å². The van der Waals surface area contributed by atoms with Crippen molar-refractivity contribution in [3.8, 4) is 5.75 Å². The van der Waals surface area contributed by atoms with E-state index in [0.717, 1.165) is 63.8 Å². The summed E-state index contributed by atoms with van der Waals surface area (Å²) in [6, 6.07) is 5.25. The lowest BCUT2D eigenvalue weighted by Crippen LogP contribution is -2.52. The molecule has 0 aromatic heterocycles. The number of methoxy groups -OCH3 is 1. The maximum Gasteiger partial charge on any atom is 0.248 e. The average molecular weight is 763 g/mol. The lowest BCUT2D eigenvalue weighted by atomic mass is 9.83. The normalized spacial score (nSPS) is 25.5. The van der Waals surface area contributed by atoms with Crippen LogP contribution in [0.5, 0.6) is 5.75 Å². The third-order valence-corrected chi connectivity index (χ3v) is 14.7. The third kappa shape index (κ3) is 12.6. The van der Waals surface area contributed by atoms with E-state index in [-0.39, 0.29) is 36.6 Å². The van der Waals surface area contributed by atoms with Gasteiger partial charge in [-0.2, -0.15) is 4.31 Å². The lowest BCUT2D eigenvalue weighted by molar-refractivity contribution is -0.139. The summed E-state index contributed by atoms with van der Waals surface area (Å²) in [5.41, 5.74) is 1.28. The fourth-order valence-corrected chi connectivity index (χ4v) is 10.7. The van der Waals surface area contributed by atoms with Crippen LogP contribution in [-0.2, 0) is 19.6 Å². The second-order valence-electron chi connectivity index (χ2n) is 16.3. The predicted octanol–water partition coefficient (Wildman–Crippen LogP) is 4.95. The van der Waals surface area contributed by atoms with Crippen molar-refractivity contribution in [1.29, 1.82) is 0 Å². The number of piperazine rings is 2. The zero-order chi connectivity index (χ0) is 38.5. The van der Waals surface area contributed by atoms with E-state index in [9.17, 15) is 13.2 Å². The Morgan fingerprint density at radius 2 is 1.28 bits per heavy atom. The first-order valence-electron chi connectivity index (χ1n) is 20.7. The number of ether oxygens (including phenoxy) is 2. The molecule has 1 aromatic carbocycles. The third-order valence-electron chi connectivity index (χ3n) is 12.5. The maximum absolute atomic E-state index is 13.2. The molecule has 4 aliphatic rings. The first-order valence-corrected chi connectivity index (χ1v) is 22.2. The molecule has 2 aliphatic heterocycles. The van der Waals surface area contributed by atoms with Crippen LogP contribution in [0.15, 0.2) is 17.0 Å².